The summed E-state index contributed by atoms with van der Waals surface area (Å²) in [6, 6.07) is 8.22. The van der Waals surface area contributed by atoms with Crippen molar-refractivity contribution in [1.29, 1.82) is 0 Å². The minimum absolute atomic E-state index is 0. The summed E-state index contributed by atoms with van der Waals surface area (Å²) >= 11 is 0. The zero-order chi connectivity index (χ0) is 8.10. The Morgan fingerprint density at radius 1 is 1.36 bits per heavy atom. The quantitative estimate of drug-likeness (QED) is 0.699. The van der Waals surface area contributed by atoms with Crippen LogP contribution in [0.1, 0.15) is 9.78 Å². The van der Waals surface area contributed by atoms with Gasteiger partial charge in [-0.3, -0.25) is 0 Å². The van der Waals surface area contributed by atoms with E-state index < -0.39 is 0 Å². The minimum Gasteiger partial charge on any atom is -0.388 e. The van der Waals surface area contributed by atoms with Gasteiger partial charge >= 0.3 is 0 Å². The molecule has 0 aliphatic heterocycles. The standard InChI is InChI=1S/C9H14N2.2H2/c1-3-11-9-6-4-5-8(7-9)10-2;;/h4-7,10-11H,3H2,1-2H3;2*1H. The van der Waals surface area contributed by atoms with Gasteiger partial charge in [-0.25, -0.2) is 0 Å². The van der Waals surface area contributed by atoms with E-state index in [-0.39, 0.29) is 2.85 Å². The van der Waals surface area contributed by atoms with Crippen molar-refractivity contribution in [2.75, 3.05) is 24.2 Å². The fourth-order valence-corrected chi connectivity index (χ4v) is 0.989. The summed E-state index contributed by atoms with van der Waals surface area (Å²) in [5, 5.41) is 6.33. The molecule has 2 N–H and O–H groups in total. The van der Waals surface area contributed by atoms with Crippen LogP contribution in [0.25, 0.3) is 0 Å². The van der Waals surface area contributed by atoms with Crippen molar-refractivity contribution in [3.8, 4) is 0 Å². The molecule has 0 saturated carbocycles. The van der Waals surface area contributed by atoms with Crippen molar-refractivity contribution in [2.45, 2.75) is 6.92 Å². The molecule has 1 rings (SSSR count). The van der Waals surface area contributed by atoms with E-state index in [0.29, 0.717) is 0 Å². The lowest BCUT2D eigenvalue weighted by Gasteiger charge is -2.04. The molecule has 1 aromatic carbocycles. The Morgan fingerprint density at radius 3 is 2.73 bits per heavy atom. The second-order valence-electron chi connectivity index (χ2n) is 2.36. The van der Waals surface area contributed by atoms with E-state index in [1.165, 1.54) is 5.69 Å². The Balaban J connectivity index is 0. The summed E-state index contributed by atoms with van der Waals surface area (Å²) in [7, 11) is 1.92. The Labute approximate surface area is 70.6 Å². The molecule has 0 radical (unpaired) electrons. The molecule has 0 atom stereocenters. The smallest absolute Gasteiger partial charge is 0.0360 e. The topological polar surface area (TPSA) is 24.1 Å². The van der Waals surface area contributed by atoms with Gasteiger partial charge in [0.15, 0.2) is 0 Å². The van der Waals surface area contributed by atoms with Crippen LogP contribution in [0.15, 0.2) is 24.3 Å². The molecule has 0 heterocycles. The van der Waals surface area contributed by atoms with Crippen LogP contribution in [0.4, 0.5) is 11.4 Å². The van der Waals surface area contributed by atoms with Gasteiger partial charge in [0.05, 0.1) is 0 Å². The van der Waals surface area contributed by atoms with E-state index >= 15 is 0 Å². The number of nitrogens with one attached hydrogen (secondary N) is 2. The Bertz CT molecular complexity index is 229. The summed E-state index contributed by atoms with van der Waals surface area (Å²) in [5.41, 5.74) is 2.31. The van der Waals surface area contributed by atoms with Crippen molar-refractivity contribution in [1.82, 2.24) is 0 Å². The van der Waals surface area contributed by atoms with Crippen LogP contribution in [-0.2, 0) is 0 Å². The zero-order valence-corrected chi connectivity index (χ0v) is 7.02. The highest BCUT2D eigenvalue weighted by molar-refractivity contribution is 5.56. The van der Waals surface area contributed by atoms with Crippen molar-refractivity contribution >= 4 is 11.4 Å². The first kappa shape index (κ1) is 7.92. The largest absolute Gasteiger partial charge is 0.388 e. The molecule has 0 spiro atoms. The molecule has 0 unspecified atom stereocenters. The predicted octanol–water partition coefficient (Wildman–Crippen LogP) is 2.65. The Morgan fingerprint density at radius 2 is 2.09 bits per heavy atom. The van der Waals surface area contributed by atoms with Crippen LogP contribution in [0.3, 0.4) is 0 Å². The Kier molecular flexibility index (Phi) is 2.78. The third-order valence-electron chi connectivity index (χ3n) is 1.53. The van der Waals surface area contributed by atoms with Crippen LogP contribution in [-0.4, -0.2) is 13.6 Å². The summed E-state index contributed by atoms with van der Waals surface area (Å²) in [6.07, 6.45) is 0. The highest BCUT2D eigenvalue weighted by Crippen LogP contribution is 2.13. The van der Waals surface area contributed by atoms with Gasteiger partial charge in [0.1, 0.15) is 0 Å². The third-order valence-corrected chi connectivity index (χ3v) is 1.53. The first-order valence-corrected chi connectivity index (χ1v) is 3.88. The number of rotatable bonds is 3. The second kappa shape index (κ2) is 3.86. The minimum atomic E-state index is 0. The van der Waals surface area contributed by atoms with Gasteiger partial charge in [0, 0.05) is 27.8 Å². The number of hydrogen-bond donors (Lipinski definition) is 2. The lowest BCUT2D eigenvalue weighted by Crippen LogP contribution is -1.96. The van der Waals surface area contributed by atoms with Gasteiger partial charge in [-0.1, -0.05) is 6.07 Å². The average molecular weight is 154 g/mol. The van der Waals surface area contributed by atoms with Crippen molar-refractivity contribution in [3.63, 3.8) is 0 Å². The van der Waals surface area contributed by atoms with Gasteiger partial charge < -0.3 is 10.6 Å². The van der Waals surface area contributed by atoms with Crippen molar-refractivity contribution < 1.29 is 2.85 Å². The number of hydrogen-bond acceptors (Lipinski definition) is 2. The maximum Gasteiger partial charge on any atom is 0.0360 e. The normalized spacial score (nSPS) is 9.27. The molecule has 64 valence electrons. The van der Waals surface area contributed by atoms with E-state index in [2.05, 4.69) is 29.7 Å². The fraction of sp³-hybridized carbons (Fsp3) is 0.333. The fourth-order valence-electron chi connectivity index (χ4n) is 0.989. The highest BCUT2D eigenvalue weighted by Gasteiger charge is 1.89. The molecule has 0 saturated heterocycles. The average Bonchev–Trinajstić information content (AvgIpc) is 2.06. The van der Waals surface area contributed by atoms with Gasteiger partial charge in [-0.15, -0.1) is 0 Å². The second-order valence-corrected chi connectivity index (χ2v) is 2.36. The van der Waals surface area contributed by atoms with Crippen LogP contribution >= 0.6 is 0 Å². The number of benzene rings is 1. The van der Waals surface area contributed by atoms with Gasteiger partial charge in [-0.2, -0.15) is 0 Å². The highest BCUT2D eigenvalue weighted by atomic mass is 14.9. The molecular weight excluding hydrogens is 136 g/mol. The van der Waals surface area contributed by atoms with Crippen LogP contribution in [0.2, 0.25) is 0 Å². The molecular formula is C9H18N2. The van der Waals surface area contributed by atoms with Gasteiger partial charge in [0.25, 0.3) is 0 Å². The first-order chi connectivity index (χ1) is 5.36. The molecule has 0 bridgehead atoms. The molecule has 0 fully saturated rings. The molecule has 0 aliphatic rings. The molecule has 11 heavy (non-hydrogen) atoms. The lowest BCUT2D eigenvalue weighted by atomic mass is 10.3. The summed E-state index contributed by atoms with van der Waals surface area (Å²) in [4.78, 5) is 0. The van der Waals surface area contributed by atoms with Gasteiger partial charge in [0.2, 0.25) is 0 Å². The van der Waals surface area contributed by atoms with E-state index in [1.54, 1.807) is 0 Å². The molecule has 0 aliphatic carbocycles. The molecule has 0 aromatic heterocycles. The summed E-state index contributed by atoms with van der Waals surface area (Å²) in [6.45, 7) is 3.05. The van der Waals surface area contributed by atoms with E-state index in [1.807, 2.05) is 19.2 Å². The van der Waals surface area contributed by atoms with Crippen LogP contribution in [0.5, 0.6) is 0 Å². The monoisotopic (exact) mass is 154 g/mol. The van der Waals surface area contributed by atoms with Crippen LogP contribution in [0, 0.1) is 0 Å². The molecule has 0 amide bonds. The number of anilines is 2. The SMILES string of the molecule is CCNc1cccc(NC)c1.[HH].[HH]. The lowest BCUT2D eigenvalue weighted by molar-refractivity contribution is 1.21. The van der Waals surface area contributed by atoms with Crippen LogP contribution < -0.4 is 10.6 Å². The van der Waals surface area contributed by atoms with Crippen molar-refractivity contribution in [2.24, 2.45) is 0 Å². The first-order valence-electron chi connectivity index (χ1n) is 3.88. The molecule has 2 nitrogen and oxygen atoms in total. The van der Waals surface area contributed by atoms with E-state index in [4.69, 9.17) is 0 Å². The van der Waals surface area contributed by atoms with Crippen molar-refractivity contribution in [3.05, 3.63) is 24.3 Å². The maximum absolute atomic E-state index is 3.24. The third kappa shape index (κ3) is 2.15. The summed E-state index contributed by atoms with van der Waals surface area (Å²) < 4.78 is 0. The predicted molar refractivity (Wildman–Crippen MR) is 54.4 cm³/mol. The Hall–Kier alpha value is -1.18. The van der Waals surface area contributed by atoms with E-state index in [9.17, 15) is 0 Å². The molecule has 1 aromatic rings. The molecule has 2 heteroatoms. The zero-order valence-electron chi connectivity index (χ0n) is 7.02. The van der Waals surface area contributed by atoms with E-state index in [0.717, 1.165) is 12.2 Å². The summed E-state index contributed by atoms with van der Waals surface area (Å²) in [5.74, 6) is 0. The maximum atomic E-state index is 3.24. The van der Waals surface area contributed by atoms with Gasteiger partial charge in [-0.05, 0) is 25.1 Å².